The molecule has 4 aromatic rings. The summed E-state index contributed by atoms with van der Waals surface area (Å²) in [6.45, 7) is 0.813. The first kappa shape index (κ1) is 20.7. The minimum absolute atomic E-state index is 0.231. The van der Waals surface area contributed by atoms with Crippen molar-refractivity contribution in [3.05, 3.63) is 47.5 Å². The molecule has 1 aliphatic heterocycles. The molecule has 170 valence electrons. The van der Waals surface area contributed by atoms with Crippen molar-refractivity contribution in [2.24, 2.45) is 0 Å². The van der Waals surface area contributed by atoms with E-state index in [1.165, 1.54) is 13.2 Å². The van der Waals surface area contributed by atoms with Gasteiger partial charge in [0.2, 0.25) is 0 Å². The van der Waals surface area contributed by atoms with Crippen LogP contribution in [-0.4, -0.2) is 52.7 Å². The minimum Gasteiger partial charge on any atom is -0.493 e. The Morgan fingerprint density at radius 1 is 1.21 bits per heavy atom. The number of hydrogen-bond acceptors (Lipinski definition) is 9. The van der Waals surface area contributed by atoms with E-state index in [2.05, 4.69) is 36.1 Å². The van der Waals surface area contributed by atoms with E-state index in [4.69, 9.17) is 9.47 Å². The third-order valence-corrected chi connectivity index (χ3v) is 5.61. The van der Waals surface area contributed by atoms with Crippen molar-refractivity contribution in [3.8, 4) is 23.0 Å². The van der Waals surface area contributed by atoms with Gasteiger partial charge in [-0.25, -0.2) is 14.4 Å². The van der Waals surface area contributed by atoms with Gasteiger partial charge in [-0.15, -0.1) is 5.10 Å². The third kappa shape index (κ3) is 3.60. The maximum atomic E-state index is 14.6. The van der Waals surface area contributed by atoms with Gasteiger partial charge >= 0.3 is 6.01 Å². The van der Waals surface area contributed by atoms with Crippen LogP contribution in [0.3, 0.4) is 0 Å². The van der Waals surface area contributed by atoms with Crippen LogP contribution in [0, 0.1) is 5.82 Å². The van der Waals surface area contributed by atoms with E-state index < -0.39 is 0 Å². The Bertz CT molecular complexity index is 1340. The molecule has 0 bridgehead atoms. The van der Waals surface area contributed by atoms with Gasteiger partial charge in [-0.05, 0) is 12.1 Å². The van der Waals surface area contributed by atoms with E-state index in [0.717, 1.165) is 22.6 Å². The average Bonchev–Trinajstić information content (AvgIpc) is 3.49. The quantitative estimate of drug-likeness (QED) is 0.391. The maximum Gasteiger partial charge on any atom is 0.316 e. The van der Waals surface area contributed by atoms with Gasteiger partial charge in [0.1, 0.15) is 17.4 Å². The summed E-state index contributed by atoms with van der Waals surface area (Å²) in [4.78, 5) is 15.1. The molecule has 5 rings (SSSR count). The summed E-state index contributed by atoms with van der Waals surface area (Å²) < 4.78 is 25.4. The van der Waals surface area contributed by atoms with Gasteiger partial charge in [0.25, 0.3) is 0 Å². The van der Waals surface area contributed by atoms with Gasteiger partial charge in [0, 0.05) is 62.2 Å². The number of nitrogens with zero attached hydrogens (tertiary/aromatic N) is 5. The number of fused-ring (bicyclic) bond motifs is 2. The van der Waals surface area contributed by atoms with Crippen LogP contribution >= 0.6 is 0 Å². The molecule has 0 aliphatic carbocycles. The number of ether oxygens (including phenoxy) is 2. The number of nitrogens with one attached hydrogen (secondary N) is 3. The largest absolute Gasteiger partial charge is 0.493 e. The Hall–Kier alpha value is -4.15. The zero-order valence-corrected chi connectivity index (χ0v) is 18.4. The molecule has 0 unspecified atom stereocenters. The molecule has 0 fully saturated rings. The molecule has 10 nitrogen and oxygen atoms in total. The van der Waals surface area contributed by atoms with Gasteiger partial charge in [-0.1, -0.05) is 0 Å². The lowest BCUT2D eigenvalue weighted by Gasteiger charge is -2.14. The summed E-state index contributed by atoms with van der Waals surface area (Å²) in [6, 6.07) is 5.22. The van der Waals surface area contributed by atoms with Gasteiger partial charge in [-0.2, -0.15) is 9.77 Å². The van der Waals surface area contributed by atoms with E-state index in [1.807, 2.05) is 6.07 Å². The number of rotatable bonds is 7. The molecule has 0 spiro atoms. The summed E-state index contributed by atoms with van der Waals surface area (Å²) in [6.07, 6.45) is 4.03. The van der Waals surface area contributed by atoms with E-state index in [-0.39, 0.29) is 18.4 Å². The summed E-state index contributed by atoms with van der Waals surface area (Å²) in [5, 5.41) is 11.4. The Morgan fingerprint density at radius 3 is 2.88 bits per heavy atom. The number of anilines is 2. The Balaban J connectivity index is 1.58. The summed E-state index contributed by atoms with van der Waals surface area (Å²) in [5.74, 6) is 1.68. The molecular formula is C22H23FN8O2. The topological polar surface area (TPSA) is 111 Å². The van der Waals surface area contributed by atoms with Crippen LogP contribution in [0.1, 0.15) is 11.1 Å². The highest BCUT2D eigenvalue weighted by molar-refractivity contribution is 5.98. The highest BCUT2D eigenvalue weighted by Crippen LogP contribution is 2.34. The third-order valence-electron chi connectivity index (χ3n) is 5.61. The molecule has 0 radical (unpaired) electrons. The van der Waals surface area contributed by atoms with Crippen molar-refractivity contribution >= 4 is 22.5 Å². The Kier molecular flexibility index (Phi) is 5.29. The molecule has 1 aromatic carbocycles. The summed E-state index contributed by atoms with van der Waals surface area (Å²) >= 11 is 0. The Morgan fingerprint density at radius 2 is 2.09 bits per heavy atom. The van der Waals surface area contributed by atoms with E-state index >= 15 is 0 Å². The van der Waals surface area contributed by atoms with E-state index in [9.17, 15) is 4.39 Å². The lowest BCUT2D eigenvalue weighted by Crippen LogP contribution is -2.13. The highest BCUT2D eigenvalue weighted by Gasteiger charge is 2.21. The molecule has 3 N–H and O–H groups in total. The number of aromatic nitrogens is 5. The van der Waals surface area contributed by atoms with Gasteiger partial charge in [0.15, 0.2) is 5.82 Å². The van der Waals surface area contributed by atoms with Crippen molar-refractivity contribution in [2.45, 2.75) is 13.0 Å². The highest BCUT2D eigenvalue weighted by atomic mass is 19.1. The van der Waals surface area contributed by atoms with Gasteiger partial charge in [0.05, 0.1) is 30.3 Å². The lowest BCUT2D eigenvalue weighted by molar-refractivity contribution is 0.356. The normalized spacial score (nSPS) is 12.4. The number of halogens is 1. The van der Waals surface area contributed by atoms with Crippen molar-refractivity contribution in [2.75, 3.05) is 43.9 Å². The Labute approximate surface area is 189 Å². The zero-order chi connectivity index (χ0) is 22.9. The number of benzene rings is 1. The number of hydrogen-bond donors (Lipinski definition) is 3. The predicted octanol–water partition coefficient (Wildman–Crippen LogP) is 2.80. The first-order chi connectivity index (χ1) is 16.1. The second-order valence-electron chi connectivity index (χ2n) is 7.39. The molecule has 4 heterocycles. The molecule has 0 atom stereocenters. The van der Waals surface area contributed by atoms with Crippen LogP contribution in [0.4, 0.5) is 16.0 Å². The SMILES string of the molecule is CNc1cc(-c2cnc(NCc3c(F)ccc4c3CCO4)c3cnc(OC)nc23)n(NC)n1. The molecule has 33 heavy (non-hydrogen) atoms. The second-order valence-corrected chi connectivity index (χ2v) is 7.39. The standard InChI is InChI=1S/C22H23FN8O2/c1-24-19-8-17(31(25-2)30-19)14-10-27-21(15-11-28-22(32-3)29-20(14)15)26-9-13-12-6-7-33-18(12)5-4-16(13)23/h4-5,8,10-11,25H,6-7,9H2,1-3H3,(H,24,30)(H,26,27). The molecule has 3 aromatic heterocycles. The van der Waals surface area contributed by atoms with Crippen molar-refractivity contribution < 1.29 is 13.9 Å². The van der Waals surface area contributed by atoms with Crippen molar-refractivity contribution in [3.63, 3.8) is 0 Å². The van der Waals surface area contributed by atoms with Crippen LogP contribution < -0.4 is 25.5 Å². The minimum atomic E-state index is -0.275. The van der Waals surface area contributed by atoms with E-state index in [0.29, 0.717) is 41.1 Å². The lowest BCUT2D eigenvalue weighted by atomic mass is 10.0. The van der Waals surface area contributed by atoms with E-state index in [1.54, 1.807) is 37.3 Å². The second kappa shape index (κ2) is 8.41. The molecule has 1 aliphatic rings. The monoisotopic (exact) mass is 450 g/mol. The fraction of sp³-hybridized carbons (Fsp3) is 0.273. The fourth-order valence-corrected chi connectivity index (χ4v) is 3.97. The first-order valence-electron chi connectivity index (χ1n) is 10.5. The van der Waals surface area contributed by atoms with Gasteiger partial charge in [-0.3, -0.25) is 0 Å². The van der Waals surface area contributed by atoms with Gasteiger partial charge < -0.3 is 25.5 Å². The average molecular weight is 450 g/mol. The van der Waals surface area contributed by atoms with Crippen LogP contribution in [0.2, 0.25) is 0 Å². The number of pyridine rings is 1. The van der Waals surface area contributed by atoms with Crippen LogP contribution in [0.25, 0.3) is 22.2 Å². The van der Waals surface area contributed by atoms with Crippen LogP contribution in [-0.2, 0) is 13.0 Å². The maximum absolute atomic E-state index is 14.6. The smallest absolute Gasteiger partial charge is 0.316 e. The number of methoxy groups -OCH3 is 1. The fourth-order valence-electron chi connectivity index (χ4n) is 3.97. The van der Waals surface area contributed by atoms with Crippen LogP contribution in [0.5, 0.6) is 11.8 Å². The first-order valence-corrected chi connectivity index (χ1v) is 10.5. The predicted molar refractivity (Wildman–Crippen MR) is 123 cm³/mol. The molecular weight excluding hydrogens is 427 g/mol. The van der Waals surface area contributed by atoms with Crippen molar-refractivity contribution in [1.29, 1.82) is 0 Å². The van der Waals surface area contributed by atoms with Crippen molar-refractivity contribution in [1.82, 2.24) is 24.8 Å². The molecule has 11 heteroatoms. The van der Waals surface area contributed by atoms with Crippen LogP contribution in [0.15, 0.2) is 30.6 Å². The molecule has 0 saturated carbocycles. The summed E-state index contributed by atoms with van der Waals surface area (Å²) in [5.41, 5.74) is 6.61. The zero-order valence-electron chi connectivity index (χ0n) is 18.4. The molecule has 0 amide bonds. The molecule has 0 saturated heterocycles. The summed E-state index contributed by atoms with van der Waals surface area (Å²) in [7, 11) is 5.08.